The fourth-order valence-corrected chi connectivity index (χ4v) is 8.40. The highest BCUT2D eigenvalue weighted by Crippen LogP contribution is 2.48. The average molecular weight is 812 g/mol. The number of nitrogens with zero attached hydrogens (tertiary/aromatic N) is 2. The third kappa shape index (κ3) is 10.1. The number of rotatable bonds is 7. The van der Waals surface area contributed by atoms with Crippen molar-refractivity contribution in [3.05, 3.63) is 42.4 Å². The van der Waals surface area contributed by atoms with Crippen LogP contribution in [-0.2, 0) is 29.1 Å². The van der Waals surface area contributed by atoms with Crippen molar-refractivity contribution in [2.45, 2.75) is 109 Å². The summed E-state index contributed by atoms with van der Waals surface area (Å²) in [7, 11) is -3.24. The Morgan fingerprint density at radius 2 is 1.88 bits per heavy atom. The molecule has 2 aliphatic heterocycles. The predicted molar refractivity (Wildman–Crippen MR) is 209 cm³/mol. The molecule has 0 bridgehead atoms. The summed E-state index contributed by atoms with van der Waals surface area (Å²) < 4.78 is 72.2. The molecule has 3 heterocycles. The molecular weight excluding hydrogens is 753 g/mol. The molecule has 56 heavy (non-hydrogen) atoms. The van der Waals surface area contributed by atoms with Gasteiger partial charge in [-0.2, -0.15) is 0 Å². The molecule has 6 atom stereocenters. The molecule has 4 aliphatic rings. The van der Waals surface area contributed by atoms with E-state index in [0.29, 0.717) is 29.7 Å². The number of allylic oxidation sites excluding steroid dienone is 1. The first-order chi connectivity index (χ1) is 26.2. The highest BCUT2D eigenvalue weighted by atomic mass is 32.2. The second-order valence-electron chi connectivity index (χ2n) is 16.8. The number of pyridine rings is 1. The summed E-state index contributed by atoms with van der Waals surface area (Å²) in [6.07, 6.45) is 6.13. The maximum absolute atomic E-state index is 14.6. The van der Waals surface area contributed by atoms with E-state index >= 15 is 0 Å². The third-order valence-corrected chi connectivity index (χ3v) is 12.3. The topological polar surface area (TPSA) is 196 Å². The molecule has 2 aromatic rings. The maximum atomic E-state index is 14.6. The molecule has 14 nitrogen and oxygen atoms in total. The molecule has 0 radical (unpaired) electrons. The summed E-state index contributed by atoms with van der Waals surface area (Å²) in [6.45, 7) is 10.4. The van der Waals surface area contributed by atoms with Crippen LogP contribution in [0.25, 0.3) is 10.8 Å². The van der Waals surface area contributed by atoms with Crippen molar-refractivity contribution >= 4 is 44.6 Å². The van der Waals surface area contributed by atoms with Crippen molar-refractivity contribution < 1.29 is 54.9 Å². The quantitative estimate of drug-likeness (QED) is 0.289. The molecule has 1 aromatic heterocycles. The van der Waals surface area contributed by atoms with Crippen LogP contribution in [0, 0.1) is 29.0 Å². The van der Waals surface area contributed by atoms with E-state index in [4.69, 9.17) is 15.2 Å². The molecular formula is C39H59F2N5O9S. The molecule has 4 amide bonds. The summed E-state index contributed by atoms with van der Waals surface area (Å²) in [4.78, 5) is 57.0. The standard InChI is InChI=1S/C33H40F2N4O7S.C6H13NO2.3H2/c1-19-6-4-5-7-22-17-33(22,31(42)38-47(43,44)32(35)9-10-32)37-29(41)26-15-23(18-39(26)28(40)13-20(2)12-19)46-30-24-16-25(34)27(45-3)14-21(24)8-11-36-30;1-6(2,3)4-9-5(7)8;;;/h5,7-8,11,14,16,19-20,22-23,26H,4,6,9-10,12-13,15,17-18H2,1-3H3,(H,37,41)(H,38,42);4H2,1-3H3,(H2,7,8);3*1H/b7-5-;;;;/t19-,20-,22-,23-,26+,33-;;;;/m1..../s1. The molecule has 314 valence electrons. The van der Waals surface area contributed by atoms with Crippen molar-refractivity contribution in [3.8, 4) is 11.6 Å². The van der Waals surface area contributed by atoms with Gasteiger partial charge in [0.2, 0.25) is 22.7 Å². The van der Waals surface area contributed by atoms with Gasteiger partial charge in [-0.3, -0.25) is 14.4 Å². The zero-order valence-corrected chi connectivity index (χ0v) is 33.5. The number of primary amides is 1. The van der Waals surface area contributed by atoms with Gasteiger partial charge < -0.3 is 30.2 Å². The first-order valence-corrected chi connectivity index (χ1v) is 20.4. The molecule has 6 rings (SSSR count). The third-order valence-electron chi connectivity index (χ3n) is 10.5. The lowest BCUT2D eigenvalue weighted by atomic mass is 9.91. The fraction of sp³-hybridized carbons (Fsp3) is 0.615. The molecule has 1 aromatic carbocycles. The SMILES string of the molecule is CC(C)(C)COC(N)=O.COc1cc2ccnc(O[C@@H]3C[C@H]4C(=O)N[C@]5(C(=O)NS(=O)(=O)C6(F)CC6)C[C@H]5/C=C\CC[C@@H](C)C[C@@H](C)CC(=O)N4C3)c2cc1F.[HH].[HH].[HH]. The molecule has 0 spiro atoms. The number of hydrogen-bond acceptors (Lipinski definition) is 10. The summed E-state index contributed by atoms with van der Waals surface area (Å²) in [6, 6.07) is 3.42. The van der Waals surface area contributed by atoms with Gasteiger partial charge in [0.15, 0.2) is 11.6 Å². The number of amides is 4. The van der Waals surface area contributed by atoms with Crippen molar-refractivity contribution in [2.24, 2.45) is 28.9 Å². The number of ether oxygens (including phenoxy) is 3. The van der Waals surface area contributed by atoms with Gasteiger partial charge in [0.25, 0.3) is 15.9 Å². The molecule has 0 unspecified atom stereocenters. The van der Waals surface area contributed by atoms with Gasteiger partial charge in [-0.1, -0.05) is 46.8 Å². The minimum Gasteiger partial charge on any atom is -0.494 e. The number of benzene rings is 1. The number of alkyl halides is 1. The fourth-order valence-electron chi connectivity index (χ4n) is 7.15. The Kier molecular flexibility index (Phi) is 12.6. The van der Waals surface area contributed by atoms with Crippen LogP contribution in [0.1, 0.15) is 90.3 Å². The van der Waals surface area contributed by atoms with E-state index in [1.165, 1.54) is 30.3 Å². The summed E-state index contributed by atoms with van der Waals surface area (Å²) in [5, 5.41) is 1.27. The van der Waals surface area contributed by atoms with Gasteiger partial charge in [-0.25, -0.2) is 31.7 Å². The van der Waals surface area contributed by atoms with Gasteiger partial charge in [0, 0.05) is 47.5 Å². The first-order valence-electron chi connectivity index (χ1n) is 18.9. The highest BCUT2D eigenvalue weighted by molar-refractivity contribution is 7.91. The number of aromatic nitrogens is 1. The highest BCUT2D eigenvalue weighted by Gasteiger charge is 2.64. The van der Waals surface area contributed by atoms with E-state index in [-0.39, 0.29) is 71.8 Å². The summed E-state index contributed by atoms with van der Waals surface area (Å²) in [5.74, 6) is -2.49. The number of hydrogen-bond donors (Lipinski definition) is 3. The van der Waals surface area contributed by atoms with Crippen LogP contribution in [-0.4, -0.2) is 85.1 Å². The van der Waals surface area contributed by atoms with Gasteiger partial charge in [0.1, 0.15) is 17.7 Å². The smallest absolute Gasteiger partial charge is 0.404 e. The molecule has 3 fully saturated rings. The van der Waals surface area contributed by atoms with Gasteiger partial charge in [-0.05, 0) is 66.5 Å². The van der Waals surface area contributed by atoms with E-state index in [2.05, 4.69) is 22.0 Å². The van der Waals surface area contributed by atoms with Crippen LogP contribution in [0.15, 0.2) is 36.5 Å². The first kappa shape index (κ1) is 42.6. The normalized spacial score (nSPS) is 28.1. The van der Waals surface area contributed by atoms with E-state index in [0.717, 1.165) is 12.8 Å². The largest absolute Gasteiger partial charge is 0.494 e. The zero-order chi connectivity index (χ0) is 41.2. The maximum Gasteiger partial charge on any atom is 0.404 e. The zero-order valence-electron chi connectivity index (χ0n) is 32.7. The Morgan fingerprint density at radius 3 is 2.50 bits per heavy atom. The van der Waals surface area contributed by atoms with E-state index in [9.17, 15) is 36.4 Å². The average Bonchev–Trinajstić information content (AvgIpc) is 3.99. The summed E-state index contributed by atoms with van der Waals surface area (Å²) in [5.41, 5.74) is 3.13. The minimum atomic E-state index is -4.61. The summed E-state index contributed by atoms with van der Waals surface area (Å²) >= 11 is 0. The van der Waals surface area contributed by atoms with E-state index < -0.39 is 62.4 Å². The molecule has 17 heteroatoms. The van der Waals surface area contributed by atoms with Crippen molar-refractivity contribution in [1.82, 2.24) is 19.9 Å². The number of nitrogens with two attached hydrogens (primary N) is 1. The molecule has 2 aliphatic carbocycles. The minimum absolute atomic E-state index is 0. The van der Waals surface area contributed by atoms with Gasteiger partial charge >= 0.3 is 6.09 Å². The van der Waals surface area contributed by atoms with E-state index in [1.807, 2.05) is 38.5 Å². The lowest BCUT2D eigenvalue weighted by Gasteiger charge is -2.27. The Morgan fingerprint density at radius 1 is 1.16 bits per heavy atom. The van der Waals surface area contributed by atoms with Crippen LogP contribution >= 0.6 is 0 Å². The number of carbonyl (C=O) groups excluding carboxylic acids is 4. The van der Waals surface area contributed by atoms with Crippen molar-refractivity contribution in [1.29, 1.82) is 0 Å². The number of sulfonamides is 1. The number of carbonyl (C=O) groups is 4. The number of methoxy groups -OCH3 is 1. The predicted octanol–water partition coefficient (Wildman–Crippen LogP) is 5.78. The molecule has 2 saturated carbocycles. The van der Waals surface area contributed by atoms with Crippen molar-refractivity contribution in [3.63, 3.8) is 0 Å². The Balaban J connectivity index is 0.000000899. The number of halogens is 2. The van der Waals surface area contributed by atoms with E-state index in [1.54, 1.807) is 12.1 Å². The van der Waals surface area contributed by atoms with Crippen LogP contribution in [0.3, 0.4) is 0 Å². The Bertz CT molecular complexity index is 1990. The molecule has 4 N–H and O–H groups in total. The van der Waals surface area contributed by atoms with Crippen LogP contribution in [0.2, 0.25) is 0 Å². The van der Waals surface area contributed by atoms with Gasteiger partial charge in [-0.15, -0.1) is 0 Å². The van der Waals surface area contributed by atoms with Crippen LogP contribution < -0.4 is 25.2 Å². The lowest BCUT2D eigenvalue weighted by molar-refractivity contribution is -0.140. The van der Waals surface area contributed by atoms with Crippen molar-refractivity contribution in [2.75, 3.05) is 20.3 Å². The van der Waals surface area contributed by atoms with Gasteiger partial charge in [0.05, 0.1) is 20.3 Å². The Hall–Kier alpha value is -4.54. The Labute approximate surface area is 330 Å². The lowest BCUT2D eigenvalue weighted by Crippen LogP contribution is -2.57. The number of nitrogens with one attached hydrogen (secondary N) is 2. The molecule has 1 saturated heterocycles. The van der Waals surface area contributed by atoms with Crippen LogP contribution in [0.5, 0.6) is 11.6 Å². The second kappa shape index (κ2) is 16.5. The monoisotopic (exact) mass is 811 g/mol. The number of fused-ring (bicyclic) bond motifs is 3. The van der Waals surface area contributed by atoms with Crippen LogP contribution in [0.4, 0.5) is 13.6 Å². The second-order valence-corrected chi connectivity index (χ2v) is 18.7.